The number of hydrogen-bond donors (Lipinski definition) is 1. The second-order valence-electron chi connectivity index (χ2n) is 5.75. The van der Waals surface area contributed by atoms with E-state index in [0.29, 0.717) is 12.4 Å². The Kier molecular flexibility index (Phi) is 4.79. The molecule has 0 radical (unpaired) electrons. The van der Waals surface area contributed by atoms with Crippen LogP contribution in [0.25, 0.3) is 0 Å². The molecular weight excluding hydrogens is 294 g/mol. The molecule has 2 heterocycles. The number of rotatable bonds is 5. The maximum atomic E-state index is 12.1. The molecule has 1 aliphatic heterocycles. The number of aliphatic hydroxyl groups is 1. The van der Waals surface area contributed by atoms with Crippen molar-refractivity contribution in [2.24, 2.45) is 0 Å². The van der Waals surface area contributed by atoms with Gasteiger partial charge in [-0.25, -0.2) is 0 Å². The molecule has 1 aromatic carbocycles. The molecule has 1 N–H and O–H groups in total. The van der Waals surface area contributed by atoms with Crippen LogP contribution in [0.4, 0.5) is 0 Å². The molecule has 3 rings (SSSR count). The molecule has 0 saturated carbocycles. The van der Waals surface area contributed by atoms with E-state index >= 15 is 0 Å². The van der Waals surface area contributed by atoms with Crippen LogP contribution in [-0.4, -0.2) is 22.4 Å². The molecule has 1 fully saturated rings. The van der Waals surface area contributed by atoms with E-state index in [4.69, 9.17) is 9.47 Å². The minimum atomic E-state index is -0.160. The zero-order valence-corrected chi connectivity index (χ0v) is 13.1. The molecule has 122 valence electrons. The molecule has 0 amide bonds. The molecule has 1 saturated heterocycles. The van der Waals surface area contributed by atoms with Gasteiger partial charge in [0, 0.05) is 12.3 Å². The average Bonchev–Trinajstić information content (AvgIpc) is 3.04. The number of benzene rings is 1. The summed E-state index contributed by atoms with van der Waals surface area (Å²) in [5.74, 6) is 0.354. The molecular formula is C18H21NO4. The monoisotopic (exact) mass is 315 g/mol. The van der Waals surface area contributed by atoms with Gasteiger partial charge in [0.15, 0.2) is 5.75 Å². The van der Waals surface area contributed by atoms with Crippen LogP contribution in [0, 0.1) is 6.92 Å². The van der Waals surface area contributed by atoms with Crippen LogP contribution in [0.15, 0.2) is 47.4 Å². The van der Waals surface area contributed by atoms with Crippen LogP contribution in [-0.2, 0) is 11.3 Å². The van der Waals surface area contributed by atoms with E-state index in [2.05, 4.69) is 0 Å². The molecule has 5 nitrogen and oxygen atoms in total. The van der Waals surface area contributed by atoms with Crippen LogP contribution in [0.5, 0.6) is 5.75 Å². The van der Waals surface area contributed by atoms with Crippen LogP contribution in [0.1, 0.15) is 30.3 Å². The van der Waals surface area contributed by atoms with E-state index in [1.54, 1.807) is 6.20 Å². The quantitative estimate of drug-likeness (QED) is 0.920. The molecule has 1 aliphatic rings. The summed E-state index contributed by atoms with van der Waals surface area (Å²) in [6.45, 7) is 2.23. The van der Waals surface area contributed by atoms with Crippen LogP contribution in [0.2, 0.25) is 0 Å². The highest BCUT2D eigenvalue weighted by Gasteiger charge is 2.27. The summed E-state index contributed by atoms with van der Waals surface area (Å²) in [5, 5.41) is 9.20. The van der Waals surface area contributed by atoms with E-state index in [-0.39, 0.29) is 24.4 Å². The van der Waals surface area contributed by atoms with Gasteiger partial charge in [-0.3, -0.25) is 4.79 Å². The number of aliphatic hydroxyl groups excluding tert-OH is 1. The molecule has 0 unspecified atom stereocenters. The predicted octanol–water partition coefficient (Wildman–Crippen LogP) is 2.41. The van der Waals surface area contributed by atoms with Crippen molar-refractivity contribution in [1.82, 2.24) is 4.57 Å². The third-order valence-electron chi connectivity index (χ3n) is 4.15. The zero-order chi connectivity index (χ0) is 16.2. The Bertz CT molecular complexity index is 711. The molecule has 0 aliphatic carbocycles. The van der Waals surface area contributed by atoms with E-state index in [0.717, 1.165) is 24.1 Å². The Morgan fingerprint density at radius 2 is 2.04 bits per heavy atom. The Morgan fingerprint density at radius 1 is 1.26 bits per heavy atom. The Hall–Kier alpha value is -2.11. The van der Waals surface area contributed by atoms with Crippen molar-refractivity contribution in [1.29, 1.82) is 0 Å². The van der Waals surface area contributed by atoms with E-state index < -0.39 is 0 Å². The number of ether oxygens (including phenoxy) is 2. The lowest BCUT2D eigenvalue weighted by molar-refractivity contribution is -0.0238. The third kappa shape index (κ3) is 3.46. The second kappa shape index (κ2) is 6.98. The molecule has 5 heteroatoms. The van der Waals surface area contributed by atoms with Gasteiger partial charge in [-0.05, 0) is 25.3 Å². The first kappa shape index (κ1) is 15.8. The summed E-state index contributed by atoms with van der Waals surface area (Å²) in [4.78, 5) is 12.1. The van der Waals surface area contributed by atoms with Gasteiger partial charge >= 0.3 is 0 Å². The van der Waals surface area contributed by atoms with Gasteiger partial charge in [0.25, 0.3) is 0 Å². The van der Waals surface area contributed by atoms with E-state index in [9.17, 15) is 9.90 Å². The fourth-order valence-electron chi connectivity index (χ4n) is 2.87. The summed E-state index contributed by atoms with van der Waals surface area (Å²) in [5.41, 5.74) is 1.63. The number of pyridine rings is 1. The minimum absolute atomic E-state index is 0.0209. The molecule has 23 heavy (non-hydrogen) atoms. The largest absolute Gasteiger partial charge is 0.483 e. The van der Waals surface area contributed by atoms with Gasteiger partial charge in [0.1, 0.15) is 12.8 Å². The molecule has 0 bridgehead atoms. The summed E-state index contributed by atoms with van der Waals surface area (Å²) in [6, 6.07) is 11.3. The third-order valence-corrected chi connectivity index (χ3v) is 4.15. The number of aromatic nitrogens is 1. The van der Waals surface area contributed by atoms with Gasteiger partial charge in [0.05, 0.1) is 18.4 Å². The smallest absolute Gasteiger partial charge is 0.223 e. The first-order valence-electron chi connectivity index (χ1n) is 7.84. The van der Waals surface area contributed by atoms with Gasteiger partial charge in [-0.1, -0.05) is 30.3 Å². The lowest BCUT2D eigenvalue weighted by Crippen LogP contribution is -2.19. The van der Waals surface area contributed by atoms with E-state index in [1.807, 2.05) is 41.8 Å². The summed E-state index contributed by atoms with van der Waals surface area (Å²) < 4.78 is 13.5. The normalized spacial score (nSPS) is 20.6. The van der Waals surface area contributed by atoms with Crippen molar-refractivity contribution in [2.45, 2.75) is 38.7 Å². The van der Waals surface area contributed by atoms with Crippen molar-refractivity contribution < 1.29 is 14.6 Å². The first-order chi connectivity index (χ1) is 11.2. The van der Waals surface area contributed by atoms with Gasteiger partial charge < -0.3 is 19.1 Å². The highest BCUT2D eigenvalue weighted by atomic mass is 16.5. The van der Waals surface area contributed by atoms with Crippen molar-refractivity contribution >= 4 is 0 Å². The average molecular weight is 315 g/mol. The number of nitrogens with zero attached hydrogens (tertiary/aromatic N) is 1. The summed E-state index contributed by atoms with van der Waals surface area (Å²) in [7, 11) is 0. The Morgan fingerprint density at radius 3 is 2.74 bits per heavy atom. The predicted molar refractivity (Wildman–Crippen MR) is 86.4 cm³/mol. The van der Waals surface area contributed by atoms with E-state index in [1.165, 1.54) is 6.07 Å². The number of hydrogen-bond acceptors (Lipinski definition) is 4. The van der Waals surface area contributed by atoms with Crippen LogP contribution in [0.3, 0.4) is 0 Å². The van der Waals surface area contributed by atoms with Crippen molar-refractivity contribution in [2.75, 3.05) is 6.61 Å². The highest BCUT2D eigenvalue weighted by molar-refractivity contribution is 5.28. The van der Waals surface area contributed by atoms with Crippen LogP contribution >= 0.6 is 0 Å². The Labute approximate surface area is 135 Å². The fraction of sp³-hybridized carbons (Fsp3) is 0.389. The lowest BCUT2D eigenvalue weighted by atomic mass is 10.2. The molecule has 1 aromatic heterocycles. The minimum Gasteiger partial charge on any atom is -0.483 e. The summed E-state index contributed by atoms with van der Waals surface area (Å²) >= 11 is 0. The SMILES string of the molecule is Cc1c(OCc2ccccc2)c(=O)ccn1[C@H]1CC[C@@H](CO)O1. The molecule has 0 spiro atoms. The summed E-state index contributed by atoms with van der Waals surface area (Å²) in [6.07, 6.45) is 3.07. The van der Waals surface area contributed by atoms with Gasteiger partial charge in [-0.15, -0.1) is 0 Å². The van der Waals surface area contributed by atoms with Crippen LogP contribution < -0.4 is 10.2 Å². The van der Waals surface area contributed by atoms with Crippen molar-refractivity contribution in [3.8, 4) is 5.75 Å². The molecule has 2 aromatic rings. The lowest BCUT2D eigenvalue weighted by Gasteiger charge is -2.20. The van der Waals surface area contributed by atoms with Crippen molar-refractivity contribution in [3.63, 3.8) is 0 Å². The maximum Gasteiger partial charge on any atom is 0.223 e. The zero-order valence-electron chi connectivity index (χ0n) is 13.1. The second-order valence-corrected chi connectivity index (χ2v) is 5.75. The fourth-order valence-corrected chi connectivity index (χ4v) is 2.87. The maximum absolute atomic E-state index is 12.1. The first-order valence-corrected chi connectivity index (χ1v) is 7.84. The highest BCUT2D eigenvalue weighted by Crippen LogP contribution is 2.30. The molecule has 2 atom stereocenters. The Balaban J connectivity index is 1.80. The van der Waals surface area contributed by atoms with Crippen molar-refractivity contribution in [3.05, 3.63) is 64.1 Å². The van der Waals surface area contributed by atoms with Gasteiger partial charge in [0.2, 0.25) is 5.43 Å². The van der Waals surface area contributed by atoms with Gasteiger partial charge in [-0.2, -0.15) is 0 Å². The topological polar surface area (TPSA) is 60.7 Å². The standard InChI is InChI=1S/C18H21NO4/c1-13-18(22-12-14-5-3-2-4-6-14)16(21)9-10-19(13)17-8-7-15(11-20)23-17/h2-6,9-10,15,17,20H,7-8,11-12H2,1H3/t15-,17+/m0/s1.